The molecule has 0 atom stereocenters. The number of rotatable bonds is 8. The number of aryl methyl sites for hydroxylation is 1. The molecule has 31 heavy (non-hydrogen) atoms. The van der Waals surface area contributed by atoms with Crippen molar-refractivity contribution in [3.63, 3.8) is 0 Å². The van der Waals surface area contributed by atoms with E-state index >= 15 is 0 Å². The number of amides is 1. The van der Waals surface area contributed by atoms with Gasteiger partial charge in [-0.15, -0.1) is 0 Å². The van der Waals surface area contributed by atoms with Crippen molar-refractivity contribution in [2.24, 2.45) is 0 Å². The molecule has 0 aliphatic heterocycles. The summed E-state index contributed by atoms with van der Waals surface area (Å²) in [5, 5.41) is 6.81. The van der Waals surface area contributed by atoms with Crippen LogP contribution in [0.3, 0.4) is 0 Å². The number of nitrogens with zero attached hydrogens (tertiary/aromatic N) is 4. The highest BCUT2D eigenvalue weighted by atomic mass is 19.1. The maximum atomic E-state index is 13.6. The number of hydrogen-bond acceptors (Lipinski definition) is 7. The van der Waals surface area contributed by atoms with Crippen LogP contribution < -0.4 is 5.32 Å². The van der Waals surface area contributed by atoms with Crippen molar-refractivity contribution >= 4 is 17.2 Å². The molecular weight excluding hydrogens is 405 g/mol. The van der Waals surface area contributed by atoms with Crippen LogP contribution in [0.5, 0.6) is 0 Å². The summed E-state index contributed by atoms with van der Waals surface area (Å²) in [6.45, 7) is 2.93. The van der Waals surface area contributed by atoms with E-state index in [4.69, 9.17) is 14.0 Å². The number of carbonyl (C=O) groups is 1. The molecule has 0 unspecified atom stereocenters. The van der Waals surface area contributed by atoms with Crippen molar-refractivity contribution in [1.82, 2.24) is 19.5 Å². The van der Waals surface area contributed by atoms with Gasteiger partial charge in [0.2, 0.25) is 5.82 Å². The van der Waals surface area contributed by atoms with Crippen LogP contribution in [-0.2, 0) is 16.1 Å². The van der Waals surface area contributed by atoms with E-state index in [-0.39, 0.29) is 12.3 Å². The second-order valence-corrected chi connectivity index (χ2v) is 6.76. The quantitative estimate of drug-likeness (QED) is 0.432. The van der Waals surface area contributed by atoms with E-state index in [0.717, 1.165) is 5.56 Å². The molecule has 0 aliphatic rings. The van der Waals surface area contributed by atoms with Gasteiger partial charge in [-0.05, 0) is 30.7 Å². The Morgan fingerprint density at radius 2 is 2.13 bits per heavy atom. The minimum Gasteiger partial charge on any atom is -0.382 e. The van der Waals surface area contributed by atoms with E-state index in [1.165, 1.54) is 28.9 Å². The Labute approximate surface area is 176 Å². The summed E-state index contributed by atoms with van der Waals surface area (Å²) in [5.74, 6) is -0.168. The lowest BCUT2D eigenvalue weighted by molar-refractivity contribution is 0.0494. The maximum Gasteiger partial charge on any atom is 0.274 e. The first-order valence-corrected chi connectivity index (χ1v) is 9.49. The second kappa shape index (κ2) is 9.02. The lowest BCUT2D eigenvalue weighted by atomic mass is 10.1. The highest BCUT2D eigenvalue weighted by molar-refractivity contribution is 6.04. The average molecular weight is 425 g/mol. The third-order valence-corrected chi connectivity index (χ3v) is 4.57. The predicted octanol–water partition coefficient (Wildman–Crippen LogP) is 3.25. The summed E-state index contributed by atoms with van der Waals surface area (Å²) < 4.78 is 30.5. The van der Waals surface area contributed by atoms with Crippen LogP contribution in [0.2, 0.25) is 0 Å². The second-order valence-electron chi connectivity index (χ2n) is 6.76. The van der Waals surface area contributed by atoms with Crippen LogP contribution in [0.1, 0.15) is 21.9 Å². The maximum absolute atomic E-state index is 13.6. The number of ether oxygens (including phenoxy) is 2. The summed E-state index contributed by atoms with van der Waals surface area (Å²) in [5.41, 5.74) is 2.76. The van der Waals surface area contributed by atoms with Crippen molar-refractivity contribution < 1.29 is 23.2 Å². The van der Waals surface area contributed by atoms with E-state index < -0.39 is 11.7 Å². The van der Waals surface area contributed by atoms with E-state index in [1.807, 2.05) is 19.1 Å². The smallest absolute Gasteiger partial charge is 0.274 e. The van der Waals surface area contributed by atoms with Gasteiger partial charge in [-0.1, -0.05) is 17.3 Å². The van der Waals surface area contributed by atoms with Gasteiger partial charge in [-0.3, -0.25) is 9.20 Å². The van der Waals surface area contributed by atoms with Gasteiger partial charge in [0.15, 0.2) is 0 Å². The number of imidazole rings is 1. The van der Waals surface area contributed by atoms with Crippen LogP contribution in [0.4, 0.5) is 10.1 Å². The number of benzene rings is 1. The third-order valence-electron chi connectivity index (χ3n) is 4.57. The molecule has 1 N–H and O–H groups in total. The summed E-state index contributed by atoms with van der Waals surface area (Å²) in [6.07, 6.45) is 2.62. The van der Waals surface area contributed by atoms with Gasteiger partial charge in [-0.2, -0.15) is 4.98 Å². The molecule has 0 saturated carbocycles. The van der Waals surface area contributed by atoms with E-state index in [2.05, 4.69) is 20.4 Å². The van der Waals surface area contributed by atoms with Crippen LogP contribution in [0, 0.1) is 12.7 Å². The molecule has 4 rings (SSSR count). The molecule has 0 radical (unpaired) electrons. The fourth-order valence-corrected chi connectivity index (χ4v) is 2.94. The lowest BCUT2D eigenvalue weighted by Gasteiger charge is -2.09. The highest BCUT2D eigenvalue weighted by Gasteiger charge is 2.16. The number of nitrogens with one attached hydrogen (secondary N) is 1. The van der Waals surface area contributed by atoms with Crippen molar-refractivity contribution in [2.45, 2.75) is 13.5 Å². The van der Waals surface area contributed by atoms with E-state index in [1.54, 1.807) is 13.2 Å². The minimum absolute atomic E-state index is 0.177. The van der Waals surface area contributed by atoms with Gasteiger partial charge in [0.1, 0.15) is 23.8 Å². The molecule has 10 heteroatoms. The topological polar surface area (TPSA) is 104 Å². The monoisotopic (exact) mass is 425 g/mol. The lowest BCUT2D eigenvalue weighted by Crippen LogP contribution is -2.15. The molecule has 0 bridgehead atoms. The Morgan fingerprint density at radius 1 is 1.26 bits per heavy atom. The number of anilines is 1. The van der Waals surface area contributed by atoms with Crippen LogP contribution in [-0.4, -0.2) is 45.8 Å². The molecule has 0 aliphatic carbocycles. The van der Waals surface area contributed by atoms with Gasteiger partial charge in [-0.25, -0.2) is 9.37 Å². The van der Waals surface area contributed by atoms with Gasteiger partial charge in [0, 0.05) is 24.6 Å². The Balaban J connectivity index is 1.52. The molecule has 160 valence electrons. The SMILES string of the molecule is COCCOCc1nc(-c2ccc(C)c(NC(=O)c3cnc4ccc(F)cn34)c2)no1. The molecule has 0 fully saturated rings. The normalized spacial score (nSPS) is 11.2. The van der Waals surface area contributed by atoms with Gasteiger partial charge >= 0.3 is 0 Å². The summed E-state index contributed by atoms with van der Waals surface area (Å²) in [4.78, 5) is 21.3. The zero-order chi connectivity index (χ0) is 21.8. The minimum atomic E-state index is -0.461. The van der Waals surface area contributed by atoms with Crippen molar-refractivity contribution in [1.29, 1.82) is 0 Å². The molecule has 9 nitrogen and oxygen atoms in total. The van der Waals surface area contributed by atoms with Crippen molar-refractivity contribution in [3.05, 3.63) is 65.7 Å². The van der Waals surface area contributed by atoms with E-state index in [9.17, 15) is 9.18 Å². The fourth-order valence-electron chi connectivity index (χ4n) is 2.94. The largest absolute Gasteiger partial charge is 0.382 e. The first-order valence-electron chi connectivity index (χ1n) is 9.49. The van der Waals surface area contributed by atoms with Crippen LogP contribution in [0.15, 0.2) is 47.2 Å². The Morgan fingerprint density at radius 3 is 2.97 bits per heavy atom. The Bertz CT molecular complexity index is 1220. The number of carbonyl (C=O) groups excluding carboxylic acids is 1. The van der Waals surface area contributed by atoms with Gasteiger partial charge in [0.05, 0.1) is 19.4 Å². The number of pyridine rings is 1. The molecule has 3 aromatic heterocycles. The third kappa shape index (κ3) is 4.60. The standard InChI is InChI=1S/C21H20FN5O4/c1-13-3-4-14(20-25-19(31-26-20)12-30-8-7-29-2)9-16(13)24-21(28)17-10-23-18-6-5-15(22)11-27(17)18/h3-6,9-11H,7-8,12H2,1-2H3,(H,24,28). The predicted molar refractivity (Wildman–Crippen MR) is 109 cm³/mol. The molecule has 1 aromatic carbocycles. The van der Waals surface area contributed by atoms with Crippen LogP contribution in [0.25, 0.3) is 17.0 Å². The zero-order valence-corrected chi connectivity index (χ0v) is 17.0. The number of methoxy groups -OCH3 is 1. The Kier molecular flexibility index (Phi) is 6.01. The summed E-state index contributed by atoms with van der Waals surface area (Å²) >= 11 is 0. The molecule has 4 aromatic rings. The van der Waals surface area contributed by atoms with E-state index in [0.29, 0.717) is 41.8 Å². The highest BCUT2D eigenvalue weighted by Crippen LogP contribution is 2.24. The van der Waals surface area contributed by atoms with Crippen LogP contribution >= 0.6 is 0 Å². The molecule has 3 heterocycles. The Hall–Kier alpha value is -3.63. The van der Waals surface area contributed by atoms with Gasteiger partial charge < -0.3 is 19.3 Å². The van der Waals surface area contributed by atoms with Crippen molar-refractivity contribution in [3.8, 4) is 11.4 Å². The first kappa shape index (κ1) is 20.6. The van der Waals surface area contributed by atoms with Gasteiger partial charge in [0.25, 0.3) is 11.8 Å². The zero-order valence-electron chi connectivity index (χ0n) is 17.0. The summed E-state index contributed by atoms with van der Waals surface area (Å²) in [7, 11) is 1.59. The number of fused-ring (bicyclic) bond motifs is 1. The molecule has 0 spiro atoms. The fraction of sp³-hybridized carbons (Fsp3) is 0.238. The number of aromatic nitrogens is 4. The summed E-state index contributed by atoms with van der Waals surface area (Å²) in [6, 6.07) is 8.21. The first-order chi connectivity index (χ1) is 15.0. The number of halogens is 1. The molecule has 1 amide bonds. The average Bonchev–Trinajstić information content (AvgIpc) is 3.40. The molecule has 0 saturated heterocycles. The van der Waals surface area contributed by atoms with Crippen molar-refractivity contribution in [2.75, 3.05) is 25.6 Å². The number of hydrogen-bond donors (Lipinski definition) is 1. The molecular formula is C21H20FN5O4.